The van der Waals surface area contributed by atoms with Crippen LogP contribution in [0.1, 0.15) is 23.3 Å². The van der Waals surface area contributed by atoms with E-state index >= 15 is 0 Å². The van der Waals surface area contributed by atoms with Gasteiger partial charge >= 0.3 is 0 Å². The Morgan fingerprint density at radius 1 is 1.25 bits per heavy atom. The first-order chi connectivity index (χ1) is 9.74. The molecule has 1 aliphatic rings. The Balaban J connectivity index is 1.63. The number of rotatable bonds is 4. The standard InChI is InChI=1S/C16H16FNO2/c17-12-5-3-4-11(8-12)15(19)9-18-14-10-20-16-7-2-1-6-13(14)16/h1-8,14-15,18-19H,9-10H2. The molecule has 0 aromatic heterocycles. The van der Waals surface area contributed by atoms with Crippen LogP contribution < -0.4 is 10.1 Å². The highest BCUT2D eigenvalue weighted by Crippen LogP contribution is 2.31. The van der Waals surface area contributed by atoms with Crippen LogP contribution in [0.4, 0.5) is 4.39 Å². The molecule has 0 spiro atoms. The second-order valence-electron chi connectivity index (χ2n) is 4.88. The molecule has 2 N–H and O–H groups in total. The van der Waals surface area contributed by atoms with Gasteiger partial charge in [-0.15, -0.1) is 0 Å². The molecule has 2 aromatic carbocycles. The first-order valence-electron chi connectivity index (χ1n) is 6.62. The topological polar surface area (TPSA) is 41.5 Å². The normalized spacial score (nSPS) is 18.4. The second-order valence-corrected chi connectivity index (χ2v) is 4.88. The lowest BCUT2D eigenvalue weighted by Gasteiger charge is -2.16. The molecule has 0 fully saturated rings. The summed E-state index contributed by atoms with van der Waals surface area (Å²) in [6.45, 7) is 0.904. The van der Waals surface area contributed by atoms with Crippen LogP contribution in [-0.4, -0.2) is 18.3 Å². The van der Waals surface area contributed by atoms with E-state index < -0.39 is 6.10 Å². The molecule has 0 saturated heterocycles. The number of aliphatic hydroxyl groups is 1. The van der Waals surface area contributed by atoms with Gasteiger partial charge in [-0.3, -0.25) is 0 Å². The molecule has 20 heavy (non-hydrogen) atoms. The molecule has 0 saturated carbocycles. The highest BCUT2D eigenvalue weighted by atomic mass is 19.1. The van der Waals surface area contributed by atoms with E-state index in [0.29, 0.717) is 18.7 Å². The summed E-state index contributed by atoms with van der Waals surface area (Å²) in [6, 6.07) is 13.9. The van der Waals surface area contributed by atoms with Gasteiger partial charge in [0.2, 0.25) is 0 Å². The smallest absolute Gasteiger partial charge is 0.124 e. The first-order valence-corrected chi connectivity index (χ1v) is 6.62. The molecule has 0 amide bonds. The Morgan fingerprint density at radius 2 is 2.10 bits per heavy atom. The van der Waals surface area contributed by atoms with Gasteiger partial charge in [0.25, 0.3) is 0 Å². The van der Waals surface area contributed by atoms with Crippen molar-refractivity contribution in [2.24, 2.45) is 0 Å². The van der Waals surface area contributed by atoms with Crippen molar-refractivity contribution < 1.29 is 14.2 Å². The quantitative estimate of drug-likeness (QED) is 0.899. The second kappa shape index (κ2) is 5.61. The lowest BCUT2D eigenvalue weighted by Crippen LogP contribution is -2.27. The van der Waals surface area contributed by atoms with Gasteiger partial charge < -0.3 is 15.2 Å². The van der Waals surface area contributed by atoms with Crippen LogP contribution in [0, 0.1) is 5.82 Å². The van der Waals surface area contributed by atoms with Gasteiger partial charge in [-0.25, -0.2) is 4.39 Å². The molecule has 2 unspecified atom stereocenters. The molecule has 4 heteroatoms. The van der Waals surface area contributed by atoms with Crippen molar-refractivity contribution in [1.29, 1.82) is 0 Å². The third-order valence-electron chi connectivity index (χ3n) is 3.49. The minimum Gasteiger partial charge on any atom is -0.491 e. The molecular weight excluding hydrogens is 257 g/mol. The summed E-state index contributed by atoms with van der Waals surface area (Å²) >= 11 is 0. The number of nitrogens with one attached hydrogen (secondary N) is 1. The van der Waals surface area contributed by atoms with Gasteiger partial charge in [-0.05, 0) is 23.8 Å². The SMILES string of the molecule is OC(CNC1COc2ccccc21)c1cccc(F)c1. The predicted molar refractivity (Wildman–Crippen MR) is 74.0 cm³/mol. The summed E-state index contributed by atoms with van der Waals surface area (Å²) in [5, 5.41) is 13.3. The highest BCUT2D eigenvalue weighted by Gasteiger charge is 2.23. The maximum absolute atomic E-state index is 13.1. The first kappa shape index (κ1) is 13.1. The van der Waals surface area contributed by atoms with Crippen LogP contribution in [0.5, 0.6) is 5.75 Å². The summed E-state index contributed by atoms with van der Waals surface area (Å²) in [4.78, 5) is 0. The molecule has 2 atom stereocenters. The summed E-state index contributed by atoms with van der Waals surface area (Å²) in [6.07, 6.45) is -0.738. The third-order valence-corrected chi connectivity index (χ3v) is 3.49. The number of hydrogen-bond acceptors (Lipinski definition) is 3. The van der Waals surface area contributed by atoms with Crippen LogP contribution in [0.15, 0.2) is 48.5 Å². The van der Waals surface area contributed by atoms with Crippen LogP contribution in [-0.2, 0) is 0 Å². The lowest BCUT2D eigenvalue weighted by atomic mass is 10.1. The molecule has 0 radical (unpaired) electrons. The fourth-order valence-electron chi connectivity index (χ4n) is 2.42. The van der Waals surface area contributed by atoms with Crippen molar-refractivity contribution in [3.8, 4) is 5.75 Å². The Kier molecular flexibility index (Phi) is 3.67. The lowest BCUT2D eigenvalue weighted by molar-refractivity contribution is 0.166. The van der Waals surface area contributed by atoms with Crippen molar-refractivity contribution >= 4 is 0 Å². The number of halogens is 1. The monoisotopic (exact) mass is 273 g/mol. The molecule has 0 bridgehead atoms. The molecule has 1 aliphatic heterocycles. The van der Waals surface area contributed by atoms with Crippen LogP contribution in [0.3, 0.4) is 0 Å². The van der Waals surface area contributed by atoms with Gasteiger partial charge in [0.05, 0.1) is 12.1 Å². The zero-order valence-corrected chi connectivity index (χ0v) is 10.9. The Bertz CT molecular complexity index is 603. The molecule has 1 heterocycles. The number of fused-ring (bicyclic) bond motifs is 1. The minimum atomic E-state index is -0.738. The summed E-state index contributed by atoms with van der Waals surface area (Å²) in [7, 11) is 0. The van der Waals surface area contributed by atoms with E-state index in [9.17, 15) is 9.50 Å². The van der Waals surface area contributed by atoms with E-state index in [1.54, 1.807) is 12.1 Å². The third kappa shape index (κ3) is 2.66. The minimum absolute atomic E-state index is 0.0643. The van der Waals surface area contributed by atoms with Crippen LogP contribution in [0.25, 0.3) is 0 Å². The average Bonchev–Trinajstić information content (AvgIpc) is 2.88. The zero-order valence-electron chi connectivity index (χ0n) is 10.9. The number of para-hydroxylation sites is 1. The largest absolute Gasteiger partial charge is 0.491 e. The summed E-state index contributed by atoms with van der Waals surface area (Å²) < 4.78 is 18.7. The van der Waals surface area contributed by atoms with Gasteiger partial charge in [-0.1, -0.05) is 30.3 Å². The zero-order chi connectivity index (χ0) is 13.9. The van der Waals surface area contributed by atoms with Crippen molar-refractivity contribution in [2.45, 2.75) is 12.1 Å². The van der Waals surface area contributed by atoms with Gasteiger partial charge in [0.15, 0.2) is 0 Å². The van der Waals surface area contributed by atoms with Crippen molar-refractivity contribution in [3.05, 3.63) is 65.5 Å². The Labute approximate surface area is 117 Å². The fourth-order valence-corrected chi connectivity index (χ4v) is 2.42. The fraction of sp³-hybridized carbons (Fsp3) is 0.250. The van der Waals surface area contributed by atoms with E-state index in [-0.39, 0.29) is 11.9 Å². The molecule has 0 aliphatic carbocycles. The predicted octanol–water partition coefficient (Wildman–Crippen LogP) is 2.58. The molecule has 104 valence electrons. The van der Waals surface area contributed by atoms with E-state index in [1.165, 1.54) is 12.1 Å². The number of aliphatic hydroxyl groups excluding tert-OH is 1. The number of hydrogen-bond donors (Lipinski definition) is 2. The number of ether oxygens (including phenoxy) is 1. The van der Waals surface area contributed by atoms with E-state index in [2.05, 4.69) is 5.32 Å². The maximum atomic E-state index is 13.1. The van der Waals surface area contributed by atoms with Crippen molar-refractivity contribution in [1.82, 2.24) is 5.32 Å². The molecule has 3 rings (SSSR count). The summed E-state index contributed by atoms with van der Waals surface area (Å²) in [5.41, 5.74) is 1.67. The van der Waals surface area contributed by atoms with E-state index in [4.69, 9.17) is 4.74 Å². The van der Waals surface area contributed by atoms with Gasteiger partial charge in [-0.2, -0.15) is 0 Å². The van der Waals surface area contributed by atoms with Crippen LogP contribution >= 0.6 is 0 Å². The number of benzene rings is 2. The average molecular weight is 273 g/mol. The van der Waals surface area contributed by atoms with Gasteiger partial charge in [0, 0.05) is 12.1 Å². The van der Waals surface area contributed by atoms with Crippen molar-refractivity contribution in [2.75, 3.05) is 13.2 Å². The van der Waals surface area contributed by atoms with Crippen molar-refractivity contribution in [3.63, 3.8) is 0 Å². The van der Waals surface area contributed by atoms with Crippen LogP contribution in [0.2, 0.25) is 0 Å². The molecule has 3 nitrogen and oxygen atoms in total. The molecule has 2 aromatic rings. The van der Waals surface area contributed by atoms with E-state index in [0.717, 1.165) is 11.3 Å². The highest BCUT2D eigenvalue weighted by molar-refractivity contribution is 5.39. The Morgan fingerprint density at radius 3 is 2.95 bits per heavy atom. The summed E-state index contributed by atoms with van der Waals surface area (Å²) in [5.74, 6) is 0.543. The van der Waals surface area contributed by atoms with Gasteiger partial charge in [0.1, 0.15) is 18.2 Å². The molecular formula is C16H16FNO2. The Hall–Kier alpha value is -1.91. The van der Waals surface area contributed by atoms with E-state index in [1.807, 2.05) is 24.3 Å². The maximum Gasteiger partial charge on any atom is 0.124 e.